The van der Waals surface area contributed by atoms with Crippen LogP contribution in [-0.4, -0.2) is 44.5 Å². The third kappa shape index (κ3) is 2.95. The van der Waals surface area contributed by atoms with Gasteiger partial charge in [-0.2, -0.15) is 0 Å². The fourth-order valence-electron chi connectivity index (χ4n) is 3.49. The van der Waals surface area contributed by atoms with Gasteiger partial charge in [0.05, 0.1) is 11.2 Å². The van der Waals surface area contributed by atoms with Crippen molar-refractivity contribution in [1.29, 1.82) is 0 Å². The number of hydrogen-bond acceptors (Lipinski definition) is 6. The number of Topliss-reactive ketones (excluding diaryl/α,β-unsaturated/α-hetero) is 1. The molecule has 3 N–H and O–H groups in total. The molecule has 3 rings (SSSR count). The third-order valence-corrected chi connectivity index (χ3v) is 5.22. The molecule has 0 fully saturated rings. The molecule has 26 heavy (non-hydrogen) atoms. The largest absolute Gasteiger partial charge is 0.507 e. The van der Waals surface area contributed by atoms with E-state index in [1.54, 1.807) is 41.5 Å². The van der Waals surface area contributed by atoms with Crippen LogP contribution in [0.2, 0.25) is 0 Å². The molecule has 0 amide bonds. The van der Waals surface area contributed by atoms with Gasteiger partial charge in [0, 0.05) is 29.9 Å². The Labute approximate surface area is 153 Å². The standard InChI is InChI=1S/C20H28O6/c1-9(2)15(21)14-16(22)10-7-12(19(3,4)23)25-17(10)11-8-13(20(5,6)24)26-18(11)14/h9,12-13,22-24H,7-8H2,1-6H3/t12-,13+/m1/s1. The Bertz CT molecular complexity index is 751. The Hall–Kier alpha value is -1.79. The molecule has 0 aromatic heterocycles. The summed E-state index contributed by atoms with van der Waals surface area (Å²) in [5, 5.41) is 31.5. The molecule has 2 atom stereocenters. The predicted molar refractivity (Wildman–Crippen MR) is 96.1 cm³/mol. The quantitative estimate of drug-likeness (QED) is 0.710. The minimum Gasteiger partial charge on any atom is -0.507 e. The van der Waals surface area contributed by atoms with E-state index >= 15 is 0 Å². The smallest absolute Gasteiger partial charge is 0.172 e. The number of rotatable bonds is 4. The molecule has 0 radical (unpaired) electrons. The van der Waals surface area contributed by atoms with Gasteiger partial charge in [0.1, 0.15) is 35.0 Å². The lowest BCUT2D eigenvalue weighted by molar-refractivity contribution is -0.0253. The summed E-state index contributed by atoms with van der Waals surface area (Å²) in [6.07, 6.45) is -0.396. The van der Waals surface area contributed by atoms with Gasteiger partial charge in [0.25, 0.3) is 0 Å². The number of benzene rings is 1. The van der Waals surface area contributed by atoms with E-state index in [0.29, 0.717) is 35.5 Å². The van der Waals surface area contributed by atoms with Crippen LogP contribution in [0.5, 0.6) is 17.2 Å². The topological polar surface area (TPSA) is 96.2 Å². The summed E-state index contributed by atoms with van der Waals surface area (Å²) in [7, 11) is 0. The highest BCUT2D eigenvalue weighted by molar-refractivity contribution is 6.04. The minimum atomic E-state index is -1.12. The summed E-state index contributed by atoms with van der Waals surface area (Å²) < 4.78 is 11.9. The highest BCUT2D eigenvalue weighted by Gasteiger charge is 2.46. The summed E-state index contributed by atoms with van der Waals surface area (Å²) in [4.78, 5) is 12.8. The van der Waals surface area contributed by atoms with Gasteiger partial charge in [0.15, 0.2) is 5.78 Å². The van der Waals surface area contributed by atoms with E-state index < -0.39 is 23.4 Å². The van der Waals surface area contributed by atoms with Crippen LogP contribution < -0.4 is 9.47 Å². The lowest BCUT2D eigenvalue weighted by Crippen LogP contribution is -2.39. The average Bonchev–Trinajstić information content (AvgIpc) is 3.09. The fourth-order valence-corrected chi connectivity index (χ4v) is 3.49. The maximum atomic E-state index is 12.8. The van der Waals surface area contributed by atoms with Crippen LogP contribution in [0.3, 0.4) is 0 Å². The van der Waals surface area contributed by atoms with Crippen LogP contribution in [0.15, 0.2) is 0 Å². The van der Waals surface area contributed by atoms with E-state index in [1.807, 2.05) is 0 Å². The highest BCUT2D eigenvalue weighted by atomic mass is 16.5. The number of ether oxygens (including phenoxy) is 2. The summed E-state index contributed by atoms with van der Waals surface area (Å²) in [6, 6.07) is 0. The molecule has 2 aliphatic heterocycles. The van der Waals surface area contributed by atoms with Gasteiger partial charge >= 0.3 is 0 Å². The first-order chi connectivity index (χ1) is 11.8. The van der Waals surface area contributed by atoms with Gasteiger partial charge in [0.2, 0.25) is 0 Å². The van der Waals surface area contributed by atoms with Gasteiger partial charge in [-0.1, -0.05) is 13.8 Å². The predicted octanol–water partition coefficient (Wildman–Crippen LogP) is 2.38. The second-order valence-corrected chi connectivity index (χ2v) is 8.79. The molecule has 0 unspecified atom stereocenters. The van der Waals surface area contributed by atoms with Crippen molar-refractivity contribution in [3.05, 3.63) is 16.7 Å². The Morgan fingerprint density at radius 1 is 0.962 bits per heavy atom. The molecule has 0 bridgehead atoms. The van der Waals surface area contributed by atoms with Crippen molar-refractivity contribution in [2.75, 3.05) is 0 Å². The van der Waals surface area contributed by atoms with Crippen LogP contribution >= 0.6 is 0 Å². The van der Waals surface area contributed by atoms with Gasteiger partial charge in [-0.3, -0.25) is 4.79 Å². The summed E-state index contributed by atoms with van der Waals surface area (Å²) in [5.41, 5.74) is -0.857. The maximum Gasteiger partial charge on any atom is 0.172 e. The van der Waals surface area contributed by atoms with E-state index in [-0.39, 0.29) is 23.0 Å². The van der Waals surface area contributed by atoms with Crippen molar-refractivity contribution < 1.29 is 29.6 Å². The van der Waals surface area contributed by atoms with E-state index in [0.717, 1.165) is 0 Å². The normalized spacial score (nSPS) is 22.0. The Morgan fingerprint density at radius 3 is 1.88 bits per heavy atom. The summed E-state index contributed by atoms with van der Waals surface area (Å²) in [5.74, 6) is 0.0886. The monoisotopic (exact) mass is 364 g/mol. The van der Waals surface area contributed by atoms with Crippen molar-refractivity contribution in [2.45, 2.75) is 77.8 Å². The molecule has 2 aliphatic rings. The van der Waals surface area contributed by atoms with Crippen LogP contribution in [0, 0.1) is 5.92 Å². The van der Waals surface area contributed by atoms with Crippen LogP contribution in [0.25, 0.3) is 0 Å². The van der Waals surface area contributed by atoms with E-state index in [2.05, 4.69) is 0 Å². The average molecular weight is 364 g/mol. The Kier molecular flexibility index (Phi) is 4.28. The summed E-state index contributed by atoms with van der Waals surface area (Å²) >= 11 is 0. The zero-order chi connectivity index (χ0) is 19.6. The molecule has 0 saturated carbocycles. The van der Waals surface area contributed by atoms with Crippen molar-refractivity contribution in [1.82, 2.24) is 0 Å². The lowest BCUT2D eigenvalue weighted by Gasteiger charge is -2.25. The van der Waals surface area contributed by atoms with Gasteiger partial charge in [-0.15, -0.1) is 0 Å². The number of fused-ring (bicyclic) bond motifs is 3. The SMILES string of the molecule is CC(C)C(=O)c1c(O)c2c(c3c1O[C@H](C(C)(C)O)C3)O[C@@H](C(C)(C)O)C2. The van der Waals surface area contributed by atoms with Gasteiger partial charge in [-0.25, -0.2) is 0 Å². The molecule has 0 spiro atoms. The molecule has 6 heteroatoms. The number of carbonyl (C=O) groups excluding carboxylic acids is 1. The molecule has 6 nitrogen and oxygen atoms in total. The first-order valence-electron chi connectivity index (χ1n) is 9.05. The third-order valence-electron chi connectivity index (χ3n) is 5.22. The van der Waals surface area contributed by atoms with Crippen molar-refractivity contribution in [3.63, 3.8) is 0 Å². The molecule has 0 saturated heterocycles. The van der Waals surface area contributed by atoms with E-state index in [4.69, 9.17) is 9.47 Å². The lowest BCUT2D eigenvalue weighted by atomic mass is 9.89. The molecule has 144 valence electrons. The second kappa shape index (κ2) is 5.86. The van der Waals surface area contributed by atoms with Crippen LogP contribution in [-0.2, 0) is 12.8 Å². The van der Waals surface area contributed by atoms with Crippen LogP contribution in [0.4, 0.5) is 0 Å². The number of hydrogen-bond donors (Lipinski definition) is 3. The first-order valence-corrected chi connectivity index (χ1v) is 9.05. The summed E-state index contributed by atoms with van der Waals surface area (Å²) in [6.45, 7) is 10.1. The van der Waals surface area contributed by atoms with E-state index in [1.165, 1.54) is 0 Å². The zero-order valence-electron chi connectivity index (χ0n) is 16.2. The zero-order valence-corrected chi connectivity index (χ0v) is 16.2. The highest BCUT2D eigenvalue weighted by Crippen LogP contribution is 2.52. The molecular weight excluding hydrogens is 336 g/mol. The van der Waals surface area contributed by atoms with Crippen molar-refractivity contribution in [3.8, 4) is 17.2 Å². The van der Waals surface area contributed by atoms with E-state index in [9.17, 15) is 20.1 Å². The second-order valence-electron chi connectivity index (χ2n) is 8.79. The number of phenols is 1. The van der Waals surface area contributed by atoms with Crippen molar-refractivity contribution in [2.24, 2.45) is 5.92 Å². The molecular formula is C20H28O6. The van der Waals surface area contributed by atoms with Crippen LogP contribution in [0.1, 0.15) is 63.0 Å². The van der Waals surface area contributed by atoms with Gasteiger partial charge < -0.3 is 24.8 Å². The maximum absolute atomic E-state index is 12.8. The number of ketones is 1. The number of aromatic hydroxyl groups is 1. The molecule has 1 aromatic carbocycles. The Morgan fingerprint density at radius 2 is 1.42 bits per heavy atom. The fraction of sp³-hybridized carbons (Fsp3) is 0.650. The molecule has 2 heterocycles. The van der Waals surface area contributed by atoms with Crippen molar-refractivity contribution >= 4 is 5.78 Å². The number of phenolic OH excluding ortho intramolecular Hbond substituents is 1. The molecule has 1 aromatic rings. The molecule has 0 aliphatic carbocycles. The number of aliphatic hydroxyl groups is 2. The van der Waals surface area contributed by atoms with Gasteiger partial charge in [-0.05, 0) is 27.7 Å². The Balaban J connectivity index is 2.17. The first kappa shape index (κ1) is 19.0. The number of carbonyl (C=O) groups is 1. The minimum absolute atomic E-state index is 0.138.